The van der Waals surface area contributed by atoms with Gasteiger partial charge in [0.25, 0.3) is 0 Å². The summed E-state index contributed by atoms with van der Waals surface area (Å²) in [4.78, 5) is 3.93. The molecule has 66 valence electrons. The Hall–Kier alpha value is -1.33. The second-order valence-electron chi connectivity index (χ2n) is 2.50. The van der Waals surface area contributed by atoms with E-state index in [-0.39, 0.29) is 0 Å². The summed E-state index contributed by atoms with van der Waals surface area (Å²) in [6.45, 7) is 1.90. The van der Waals surface area contributed by atoms with Crippen LogP contribution in [-0.4, -0.2) is 4.98 Å². The van der Waals surface area contributed by atoms with Crippen LogP contribution >= 0.6 is 11.6 Å². The molecule has 13 heavy (non-hydrogen) atoms. The van der Waals surface area contributed by atoms with Gasteiger partial charge < -0.3 is 0 Å². The smallest absolute Gasteiger partial charge is 0.0962 e. The first kappa shape index (κ1) is 9.76. The van der Waals surface area contributed by atoms with Crippen LogP contribution in [-0.2, 0) is 0 Å². The molecule has 0 unspecified atom stereocenters. The van der Waals surface area contributed by atoms with Crippen molar-refractivity contribution in [3.05, 3.63) is 35.7 Å². The van der Waals surface area contributed by atoms with Gasteiger partial charge in [-0.1, -0.05) is 24.6 Å². The van der Waals surface area contributed by atoms with Crippen LogP contribution in [0.3, 0.4) is 0 Å². The summed E-state index contributed by atoms with van der Waals surface area (Å²) < 4.78 is 0. The number of rotatable bonds is 2. The molecule has 1 aromatic heterocycles. The normalized spacial score (nSPS) is 11.8. The molecule has 3 heteroatoms. The monoisotopic (exact) mass is 192 g/mol. The van der Waals surface area contributed by atoms with Crippen LogP contribution in [0.4, 0.5) is 0 Å². The van der Waals surface area contributed by atoms with Crippen LogP contribution in [0.5, 0.6) is 0 Å². The van der Waals surface area contributed by atoms with Crippen molar-refractivity contribution in [3.8, 4) is 6.07 Å². The quantitative estimate of drug-likeness (QED) is 0.676. The summed E-state index contributed by atoms with van der Waals surface area (Å²) in [6.07, 6.45) is 3.96. The van der Waals surface area contributed by atoms with Crippen LogP contribution in [0.25, 0.3) is 5.03 Å². The largest absolute Gasteiger partial charge is 0.264 e. The Bertz CT molecular complexity index is 349. The molecule has 1 heterocycles. The lowest BCUT2D eigenvalue weighted by Gasteiger charge is -1.99. The van der Waals surface area contributed by atoms with Gasteiger partial charge in [-0.05, 0) is 12.5 Å². The molecule has 0 N–H and O–H groups in total. The lowest BCUT2D eigenvalue weighted by molar-refractivity contribution is 1.16. The number of nitriles is 1. The number of nitrogens with zero attached hydrogens (tertiary/aromatic N) is 2. The van der Waals surface area contributed by atoms with Gasteiger partial charge in [0, 0.05) is 23.5 Å². The van der Waals surface area contributed by atoms with Crippen molar-refractivity contribution < 1.29 is 0 Å². The highest BCUT2D eigenvalue weighted by Crippen LogP contribution is 2.23. The van der Waals surface area contributed by atoms with Crippen LogP contribution in [0, 0.1) is 11.3 Å². The van der Waals surface area contributed by atoms with E-state index in [9.17, 15) is 0 Å². The van der Waals surface area contributed by atoms with Crippen molar-refractivity contribution in [1.29, 1.82) is 5.26 Å². The topological polar surface area (TPSA) is 36.7 Å². The fourth-order valence-corrected chi connectivity index (χ4v) is 1.24. The zero-order valence-electron chi connectivity index (χ0n) is 7.29. The summed E-state index contributed by atoms with van der Waals surface area (Å²) in [6, 6.07) is 5.70. The summed E-state index contributed by atoms with van der Waals surface area (Å²) in [7, 11) is 0. The number of pyridine rings is 1. The molecule has 0 aliphatic rings. The van der Waals surface area contributed by atoms with Crippen LogP contribution in [0.2, 0.25) is 0 Å². The van der Waals surface area contributed by atoms with Gasteiger partial charge in [-0.2, -0.15) is 5.26 Å². The molecule has 0 aliphatic heterocycles. The Labute approximate surface area is 82.5 Å². The van der Waals surface area contributed by atoms with Gasteiger partial charge in [0.2, 0.25) is 0 Å². The van der Waals surface area contributed by atoms with E-state index < -0.39 is 0 Å². The highest BCUT2D eigenvalue weighted by Gasteiger charge is 2.03. The van der Waals surface area contributed by atoms with Crippen LogP contribution in [0.1, 0.15) is 18.9 Å². The predicted octanol–water partition coefficient (Wildman–Crippen LogP) is 2.97. The molecule has 0 fully saturated rings. The lowest BCUT2D eigenvalue weighted by Crippen LogP contribution is -1.84. The molecule has 2 nitrogen and oxygen atoms in total. The number of hydrogen-bond acceptors (Lipinski definition) is 2. The Morgan fingerprint density at radius 3 is 2.92 bits per heavy atom. The standard InChI is InChI=1S/C10H9ClN2/c1-2-8(6-12)10(11)9-4-3-5-13-7-9/h3-5,7H,2H2,1H3/b10-8-. The minimum Gasteiger partial charge on any atom is -0.264 e. The molecular weight excluding hydrogens is 184 g/mol. The summed E-state index contributed by atoms with van der Waals surface area (Å²) in [5.41, 5.74) is 1.39. The number of halogens is 1. The molecule has 0 aliphatic carbocycles. The lowest BCUT2D eigenvalue weighted by atomic mass is 10.1. The fraction of sp³-hybridized carbons (Fsp3) is 0.200. The molecule has 1 rings (SSSR count). The maximum absolute atomic E-state index is 8.75. The van der Waals surface area contributed by atoms with Crippen molar-refractivity contribution in [2.75, 3.05) is 0 Å². The van der Waals surface area contributed by atoms with Gasteiger partial charge in [-0.15, -0.1) is 0 Å². The minimum atomic E-state index is 0.498. The second-order valence-corrected chi connectivity index (χ2v) is 2.88. The maximum Gasteiger partial charge on any atom is 0.0962 e. The maximum atomic E-state index is 8.75. The van der Waals surface area contributed by atoms with Crippen molar-refractivity contribution in [2.24, 2.45) is 0 Å². The average Bonchev–Trinajstić information content (AvgIpc) is 2.21. The predicted molar refractivity (Wildman–Crippen MR) is 52.9 cm³/mol. The summed E-state index contributed by atoms with van der Waals surface area (Å²) >= 11 is 5.99. The van der Waals surface area contributed by atoms with Gasteiger partial charge in [0.05, 0.1) is 11.1 Å². The SMILES string of the molecule is CC/C(C#N)=C(/Cl)c1cccnc1. The van der Waals surface area contributed by atoms with E-state index in [2.05, 4.69) is 11.1 Å². The molecular formula is C10H9ClN2. The van der Waals surface area contributed by atoms with Gasteiger partial charge in [-0.25, -0.2) is 0 Å². The number of aromatic nitrogens is 1. The van der Waals surface area contributed by atoms with E-state index in [4.69, 9.17) is 16.9 Å². The molecule has 0 saturated heterocycles. The Morgan fingerprint density at radius 1 is 1.69 bits per heavy atom. The molecule has 0 radical (unpaired) electrons. The van der Waals surface area contributed by atoms with Crippen molar-refractivity contribution in [1.82, 2.24) is 4.98 Å². The van der Waals surface area contributed by atoms with Gasteiger partial charge in [-0.3, -0.25) is 4.98 Å². The first-order chi connectivity index (χ1) is 6.29. The van der Waals surface area contributed by atoms with E-state index in [1.54, 1.807) is 18.5 Å². The zero-order valence-corrected chi connectivity index (χ0v) is 8.04. The molecule has 0 atom stereocenters. The fourth-order valence-electron chi connectivity index (χ4n) is 0.950. The first-order valence-corrected chi connectivity index (χ1v) is 4.36. The van der Waals surface area contributed by atoms with Crippen molar-refractivity contribution in [3.63, 3.8) is 0 Å². The molecule has 0 spiro atoms. The third-order valence-corrected chi connectivity index (χ3v) is 2.11. The van der Waals surface area contributed by atoms with E-state index >= 15 is 0 Å². The molecule has 0 amide bonds. The Kier molecular flexibility index (Phi) is 3.48. The minimum absolute atomic E-state index is 0.498. The van der Waals surface area contributed by atoms with Gasteiger partial charge >= 0.3 is 0 Å². The molecule has 1 aromatic rings. The Balaban J connectivity index is 3.11. The first-order valence-electron chi connectivity index (χ1n) is 3.98. The molecule has 0 saturated carbocycles. The second kappa shape index (κ2) is 4.64. The molecule has 0 bridgehead atoms. The highest BCUT2D eigenvalue weighted by molar-refractivity contribution is 6.49. The highest BCUT2D eigenvalue weighted by atomic mass is 35.5. The van der Waals surface area contributed by atoms with Crippen LogP contribution < -0.4 is 0 Å². The summed E-state index contributed by atoms with van der Waals surface area (Å²) in [5, 5.41) is 9.24. The van der Waals surface area contributed by atoms with Gasteiger partial charge in [0.15, 0.2) is 0 Å². The average molecular weight is 193 g/mol. The van der Waals surface area contributed by atoms with E-state index in [1.165, 1.54) is 0 Å². The zero-order chi connectivity index (χ0) is 9.68. The molecule has 0 aromatic carbocycles. The van der Waals surface area contributed by atoms with Crippen LogP contribution in [0.15, 0.2) is 30.1 Å². The van der Waals surface area contributed by atoms with E-state index in [0.717, 1.165) is 5.56 Å². The van der Waals surface area contributed by atoms with E-state index in [1.807, 2.05) is 13.0 Å². The third-order valence-electron chi connectivity index (χ3n) is 1.67. The summed E-state index contributed by atoms with van der Waals surface area (Å²) in [5.74, 6) is 0. The van der Waals surface area contributed by atoms with E-state index in [0.29, 0.717) is 17.0 Å². The third kappa shape index (κ3) is 2.30. The Morgan fingerprint density at radius 2 is 2.46 bits per heavy atom. The van der Waals surface area contributed by atoms with Crippen molar-refractivity contribution >= 4 is 16.6 Å². The number of hydrogen-bond donors (Lipinski definition) is 0. The van der Waals surface area contributed by atoms with Crippen molar-refractivity contribution in [2.45, 2.75) is 13.3 Å². The number of allylic oxidation sites excluding steroid dienone is 1. The van der Waals surface area contributed by atoms with Gasteiger partial charge in [0.1, 0.15) is 0 Å².